The van der Waals surface area contributed by atoms with Gasteiger partial charge in [-0.3, -0.25) is 4.79 Å². The molecule has 0 bridgehead atoms. The fourth-order valence-corrected chi connectivity index (χ4v) is 4.11. The van der Waals surface area contributed by atoms with Crippen molar-refractivity contribution in [1.29, 1.82) is 0 Å². The molecule has 0 atom stereocenters. The summed E-state index contributed by atoms with van der Waals surface area (Å²) in [6, 6.07) is 1.10. The zero-order valence-corrected chi connectivity index (χ0v) is 16.0. The van der Waals surface area contributed by atoms with Crippen molar-refractivity contribution in [2.24, 2.45) is 11.8 Å². The summed E-state index contributed by atoms with van der Waals surface area (Å²) < 4.78 is 87.5. The van der Waals surface area contributed by atoms with Gasteiger partial charge in [0.05, 0.1) is 23.3 Å². The highest BCUT2D eigenvalue weighted by molar-refractivity contribution is 5.82. The molecule has 1 saturated carbocycles. The average Bonchev–Trinajstić information content (AvgIpc) is 2.99. The second-order valence-corrected chi connectivity index (χ2v) is 8.25. The van der Waals surface area contributed by atoms with Crippen LogP contribution in [0.2, 0.25) is 0 Å². The number of ether oxygens (including phenoxy) is 2. The third-order valence-electron chi connectivity index (χ3n) is 5.79. The Hall–Kier alpha value is -2.66. The highest BCUT2D eigenvalue weighted by Crippen LogP contribution is 2.42. The Morgan fingerprint density at radius 1 is 1.10 bits per heavy atom. The van der Waals surface area contributed by atoms with E-state index < -0.39 is 40.9 Å². The minimum atomic E-state index is -4.94. The first-order chi connectivity index (χ1) is 14.3. The lowest BCUT2D eigenvalue weighted by atomic mass is 9.68. The predicted octanol–water partition coefficient (Wildman–Crippen LogP) is 3.45. The van der Waals surface area contributed by atoms with Crippen LogP contribution in [0.3, 0.4) is 0 Å². The molecule has 170 valence electrons. The third kappa shape index (κ3) is 4.38. The second-order valence-electron chi connectivity index (χ2n) is 8.25. The summed E-state index contributed by atoms with van der Waals surface area (Å²) in [5, 5.41) is 2.69. The van der Waals surface area contributed by atoms with E-state index in [2.05, 4.69) is 5.32 Å². The molecule has 2 amide bonds. The summed E-state index contributed by atoms with van der Waals surface area (Å²) >= 11 is 0. The Kier molecular flexibility index (Phi) is 5.01. The van der Waals surface area contributed by atoms with E-state index in [9.17, 15) is 35.9 Å². The Morgan fingerprint density at radius 2 is 1.68 bits per heavy atom. The number of cyclic esters (lactones) is 1. The normalized spacial score (nSPS) is 26.2. The predicted molar refractivity (Wildman–Crippen MR) is 91.9 cm³/mol. The molecule has 1 spiro atoms. The van der Waals surface area contributed by atoms with Crippen molar-refractivity contribution in [1.82, 2.24) is 10.2 Å². The number of nitrogens with one attached hydrogen (secondary N) is 1. The Bertz CT molecular complexity index is 856. The molecule has 4 rings (SSSR count). The Labute approximate surface area is 172 Å². The fraction of sp³-hybridized carbons (Fsp3) is 0.579. The maximum Gasteiger partial charge on any atom is 0.416 e. The van der Waals surface area contributed by atoms with Crippen LogP contribution in [0.5, 0.6) is 5.75 Å². The number of halogens is 6. The molecular formula is C19H18F6N2O4. The number of alkyl halides is 6. The number of nitrogens with zero attached hydrogens (tertiary/aromatic N) is 1. The van der Waals surface area contributed by atoms with Crippen LogP contribution < -0.4 is 10.1 Å². The lowest BCUT2D eigenvalue weighted by Crippen LogP contribution is -2.61. The molecule has 1 aliphatic carbocycles. The molecule has 3 aliphatic rings. The van der Waals surface area contributed by atoms with Crippen LogP contribution >= 0.6 is 0 Å². The van der Waals surface area contributed by atoms with E-state index in [0.29, 0.717) is 38.1 Å². The van der Waals surface area contributed by atoms with Gasteiger partial charge in [-0.2, -0.15) is 26.3 Å². The van der Waals surface area contributed by atoms with Crippen LogP contribution in [-0.4, -0.2) is 48.7 Å². The molecule has 2 heterocycles. The first kappa shape index (κ1) is 21.6. The number of hydrogen-bond donors (Lipinski definition) is 1. The SMILES string of the molecule is O=C1NC2(CO1)CC(C(=O)N1CC(COc3cc(C(F)(F)F)cc(C(F)(F)F)c3)C1)C2. The minimum Gasteiger partial charge on any atom is -0.493 e. The van der Waals surface area contributed by atoms with E-state index >= 15 is 0 Å². The number of alkyl carbamates (subject to hydrolysis) is 1. The largest absolute Gasteiger partial charge is 0.493 e. The maximum absolute atomic E-state index is 12.9. The van der Waals surface area contributed by atoms with Crippen LogP contribution in [0, 0.1) is 11.8 Å². The van der Waals surface area contributed by atoms with Crippen molar-refractivity contribution < 1.29 is 45.4 Å². The van der Waals surface area contributed by atoms with E-state index in [4.69, 9.17) is 9.47 Å². The molecule has 2 saturated heterocycles. The number of benzene rings is 1. The van der Waals surface area contributed by atoms with Gasteiger partial charge in [0.15, 0.2) is 0 Å². The van der Waals surface area contributed by atoms with Crippen molar-refractivity contribution >= 4 is 12.0 Å². The lowest BCUT2D eigenvalue weighted by Gasteiger charge is -2.47. The smallest absolute Gasteiger partial charge is 0.416 e. The third-order valence-corrected chi connectivity index (χ3v) is 5.79. The molecule has 0 radical (unpaired) electrons. The van der Waals surface area contributed by atoms with Gasteiger partial charge in [0, 0.05) is 24.9 Å². The first-order valence-corrected chi connectivity index (χ1v) is 9.51. The van der Waals surface area contributed by atoms with Crippen molar-refractivity contribution in [3.05, 3.63) is 29.3 Å². The van der Waals surface area contributed by atoms with Gasteiger partial charge in [-0.25, -0.2) is 4.79 Å². The van der Waals surface area contributed by atoms with E-state index in [1.807, 2.05) is 0 Å². The van der Waals surface area contributed by atoms with Crippen molar-refractivity contribution in [2.75, 3.05) is 26.3 Å². The van der Waals surface area contributed by atoms with E-state index in [-0.39, 0.29) is 37.0 Å². The van der Waals surface area contributed by atoms with Crippen LogP contribution in [0.15, 0.2) is 18.2 Å². The zero-order valence-electron chi connectivity index (χ0n) is 16.0. The number of hydrogen-bond acceptors (Lipinski definition) is 4. The molecule has 31 heavy (non-hydrogen) atoms. The Morgan fingerprint density at radius 3 is 2.16 bits per heavy atom. The molecule has 3 fully saturated rings. The highest BCUT2D eigenvalue weighted by Gasteiger charge is 2.54. The summed E-state index contributed by atoms with van der Waals surface area (Å²) in [4.78, 5) is 25.2. The molecule has 1 N–H and O–H groups in total. The van der Waals surface area contributed by atoms with Gasteiger partial charge in [-0.15, -0.1) is 0 Å². The Balaban J connectivity index is 1.29. The molecule has 2 aliphatic heterocycles. The maximum atomic E-state index is 12.9. The molecule has 6 nitrogen and oxygen atoms in total. The van der Waals surface area contributed by atoms with Crippen molar-refractivity contribution in [3.63, 3.8) is 0 Å². The van der Waals surface area contributed by atoms with E-state index in [1.165, 1.54) is 0 Å². The van der Waals surface area contributed by atoms with Crippen molar-refractivity contribution in [2.45, 2.75) is 30.7 Å². The van der Waals surface area contributed by atoms with Gasteiger partial charge >= 0.3 is 18.4 Å². The monoisotopic (exact) mass is 452 g/mol. The van der Waals surface area contributed by atoms with Crippen LogP contribution in [-0.2, 0) is 21.9 Å². The molecule has 0 aromatic heterocycles. The first-order valence-electron chi connectivity index (χ1n) is 9.51. The van der Waals surface area contributed by atoms with Crippen molar-refractivity contribution in [3.8, 4) is 5.75 Å². The van der Waals surface area contributed by atoms with Gasteiger partial charge in [0.2, 0.25) is 5.91 Å². The van der Waals surface area contributed by atoms with Gasteiger partial charge in [-0.05, 0) is 31.0 Å². The minimum absolute atomic E-state index is 0.0415. The number of carbonyl (C=O) groups is 2. The number of carbonyl (C=O) groups excluding carboxylic acids is 2. The van der Waals surface area contributed by atoms with Gasteiger partial charge in [0.1, 0.15) is 12.4 Å². The summed E-state index contributed by atoms with van der Waals surface area (Å²) in [5.74, 6) is -1.07. The molecule has 1 aromatic rings. The van der Waals surface area contributed by atoms with E-state index in [0.717, 1.165) is 0 Å². The molecule has 12 heteroatoms. The quantitative estimate of drug-likeness (QED) is 0.711. The highest BCUT2D eigenvalue weighted by atomic mass is 19.4. The number of rotatable bonds is 4. The van der Waals surface area contributed by atoms with Crippen LogP contribution in [0.1, 0.15) is 24.0 Å². The van der Waals surface area contributed by atoms with Gasteiger partial charge < -0.3 is 19.7 Å². The topological polar surface area (TPSA) is 67.9 Å². The van der Waals surface area contributed by atoms with E-state index in [1.54, 1.807) is 4.90 Å². The van der Waals surface area contributed by atoms with Crippen LogP contribution in [0.4, 0.5) is 31.1 Å². The summed E-state index contributed by atoms with van der Waals surface area (Å²) in [6.45, 7) is 0.719. The number of likely N-dealkylation sites (tertiary alicyclic amines) is 1. The molecular weight excluding hydrogens is 434 g/mol. The summed E-state index contributed by atoms with van der Waals surface area (Å²) in [6.07, 6.45) is -9.44. The zero-order chi connectivity index (χ0) is 22.6. The van der Waals surface area contributed by atoms with Crippen LogP contribution in [0.25, 0.3) is 0 Å². The number of amides is 2. The summed E-state index contributed by atoms with van der Waals surface area (Å²) in [5.41, 5.74) is -3.36. The molecule has 0 unspecified atom stereocenters. The van der Waals surface area contributed by atoms with Gasteiger partial charge in [-0.1, -0.05) is 0 Å². The standard InChI is InChI=1S/C19H18F6N2O4/c20-18(21,22)12-1-13(19(23,24)25)3-14(2-12)30-8-10-6-27(7-10)15(28)11-4-17(5-11)9-31-16(29)26-17/h1-3,10-11H,4-9H2,(H,26,29). The lowest BCUT2D eigenvalue weighted by molar-refractivity contribution is -0.148. The van der Waals surface area contributed by atoms with Gasteiger partial charge in [0.25, 0.3) is 0 Å². The average molecular weight is 452 g/mol. The fourth-order valence-electron chi connectivity index (χ4n) is 4.11. The second kappa shape index (κ2) is 7.20. The molecule has 1 aromatic carbocycles. The summed E-state index contributed by atoms with van der Waals surface area (Å²) in [7, 11) is 0.